The number of imidazole rings is 1. The van der Waals surface area contributed by atoms with Gasteiger partial charge in [-0.25, -0.2) is 4.98 Å². The number of benzene rings is 2. The van der Waals surface area contributed by atoms with Crippen molar-refractivity contribution in [1.29, 1.82) is 0 Å². The van der Waals surface area contributed by atoms with Crippen LogP contribution in [0.15, 0.2) is 48.5 Å². The molecule has 0 atom stereocenters. The zero-order chi connectivity index (χ0) is 14.1. The van der Waals surface area contributed by atoms with Gasteiger partial charge in [0.1, 0.15) is 18.5 Å². The van der Waals surface area contributed by atoms with Gasteiger partial charge in [0, 0.05) is 11.1 Å². The van der Waals surface area contributed by atoms with Crippen LogP contribution in [-0.2, 0) is 0 Å². The number of hydrogen-bond donors (Lipinski definition) is 0. The van der Waals surface area contributed by atoms with Crippen molar-refractivity contribution in [1.82, 2.24) is 9.71 Å². The van der Waals surface area contributed by atoms with Crippen molar-refractivity contribution in [3.63, 3.8) is 0 Å². The predicted octanol–water partition coefficient (Wildman–Crippen LogP) is 2.63. The smallest absolute Gasteiger partial charge is 0.193 e. The van der Waals surface area contributed by atoms with Crippen LogP contribution in [0.2, 0.25) is 0 Å². The maximum atomic E-state index is 12.4. The molecule has 0 N–H and O–H groups in total. The fraction of sp³-hybridized carbons (Fsp3) is 0.125. The Morgan fingerprint density at radius 3 is 2.55 bits per heavy atom. The molecule has 0 aliphatic rings. The van der Waals surface area contributed by atoms with Gasteiger partial charge >= 0.3 is 0 Å². The lowest BCUT2D eigenvalue weighted by atomic mass is 10.0. The topological polar surface area (TPSA) is 44.1 Å². The summed E-state index contributed by atoms with van der Waals surface area (Å²) in [6.45, 7) is 1.86. The van der Waals surface area contributed by atoms with E-state index in [0.29, 0.717) is 11.1 Å². The summed E-state index contributed by atoms with van der Waals surface area (Å²) >= 11 is 0. The van der Waals surface area contributed by atoms with Crippen LogP contribution in [0.1, 0.15) is 21.7 Å². The Bertz CT molecular complexity index is 776. The molecule has 4 heteroatoms. The summed E-state index contributed by atoms with van der Waals surface area (Å²) in [5.74, 6) is 0.754. The first kappa shape index (κ1) is 12.4. The SMILES string of the molecule is COn1c(C)nc2cc(C(=O)c3ccccc3)ccc21. The molecule has 100 valence electrons. The summed E-state index contributed by atoms with van der Waals surface area (Å²) in [5, 5.41) is 0. The number of nitrogens with zero attached hydrogens (tertiary/aromatic N) is 2. The van der Waals surface area contributed by atoms with E-state index in [1.165, 1.54) is 0 Å². The quantitative estimate of drug-likeness (QED) is 0.684. The molecule has 3 aromatic rings. The van der Waals surface area contributed by atoms with Gasteiger partial charge in [-0.15, -0.1) is 0 Å². The van der Waals surface area contributed by atoms with Crippen LogP contribution in [0.3, 0.4) is 0 Å². The number of carbonyl (C=O) groups is 1. The van der Waals surface area contributed by atoms with E-state index in [4.69, 9.17) is 4.84 Å². The second kappa shape index (κ2) is 4.81. The van der Waals surface area contributed by atoms with Gasteiger partial charge in [-0.1, -0.05) is 30.3 Å². The number of fused-ring (bicyclic) bond motifs is 1. The van der Waals surface area contributed by atoms with Crippen LogP contribution < -0.4 is 4.84 Å². The van der Waals surface area contributed by atoms with Crippen LogP contribution in [-0.4, -0.2) is 22.6 Å². The zero-order valence-electron chi connectivity index (χ0n) is 11.3. The molecule has 0 aliphatic heterocycles. The highest BCUT2D eigenvalue weighted by atomic mass is 16.6. The van der Waals surface area contributed by atoms with Crippen LogP contribution in [0.5, 0.6) is 0 Å². The van der Waals surface area contributed by atoms with Crippen LogP contribution in [0, 0.1) is 6.92 Å². The second-order valence-electron chi connectivity index (χ2n) is 4.53. The van der Waals surface area contributed by atoms with E-state index in [1.54, 1.807) is 24.0 Å². The first-order valence-corrected chi connectivity index (χ1v) is 6.34. The number of carbonyl (C=O) groups excluding carboxylic acids is 1. The Morgan fingerprint density at radius 2 is 1.85 bits per heavy atom. The molecule has 0 bridgehead atoms. The lowest BCUT2D eigenvalue weighted by Gasteiger charge is -2.04. The van der Waals surface area contributed by atoms with Gasteiger partial charge in [-0.3, -0.25) is 4.79 Å². The van der Waals surface area contributed by atoms with E-state index >= 15 is 0 Å². The molecule has 0 radical (unpaired) electrons. The summed E-state index contributed by atoms with van der Waals surface area (Å²) in [7, 11) is 1.59. The molecule has 0 spiro atoms. The third kappa shape index (κ3) is 1.95. The third-order valence-corrected chi connectivity index (χ3v) is 3.25. The summed E-state index contributed by atoms with van der Waals surface area (Å²) in [6, 6.07) is 14.7. The Balaban J connectivity index is 2.08. The van der Waals surface area contributed by atoms with Crippen LogP contribution >= 0.6 is 0 Å². The lowest BCUT2D eigenvalue weighted by molar-refractivity contribution is 0.103. The largest absolute Gasteiger partial charge is 0.415 e. The fourth-order valence-electron chi connectivity index (χ4n) is 2.31. The van der Waals surface area contributed by atoms with E-state index < -0.39 is 0 Å². The number of aromatic nitrogens is 2. The van der Waals surface area contributed by atoms with Crippen molar-refractivity contribution in [2.75, 3.05) is 7.11 Å². The molecule has 2 aromatic carbocycles. The van der Waals surface area contributed by atoms with E-state index in [-0.39, 0.29) is 5.78 Å². The van der Waals surface area contributed by atoms with Crippen LogP contribution in [0.4, 0.5) is 0 Å². The van der Waals surface area contributed by atoms with Gasteiger partial charge in [0.2, 0.25) is 0 Å². The molecule has 3 rings (SSSR count). The number of aryl methyl sites for hydroxylation is 1. The maximum absolute atomic E-state index is 12.4. The van der Waals surface area contributed by atoms with Gasteiger partial charge in [-0.05, 0) is 25.1 Å². The minimum absolute atomic E-state index is 0.00267. The second-order valence-corrected chi connectivity index (χ2v) is 4.53. The van der Waals surface area contributed by atoms with Crippen molar-refractivity contribution < 1.29 is 9.63 Å². The maximum Gasteiger partial charge on any atom is 0.193 e. The normalized spacial score (nSPS) is 10.7. The highest BCUT2D eigenvalue weighted by Crippen LogP contribution is 2.18. The third-order valence-electron chi connectivity index (χ3n) is 3.25. The van der Waals surface area contributed by atoms with E-state index in [2.05, 4.69) is 4.98 Å². The van der Waals surface area contributed by atoms with E-state index in [0.717, 1.165) is 16.9 Å². The lowest BCUT2D eigenvalue weighted by Crippen LogP contribution is -2.07. The van der Waals surface area contributed by atoms with Gasteiger partial charge in [-0.2, -0.15) is 4.73 Å². The molecular formula is C16H14N2O2. The Labute approximate surface area is 116 Å². The van der Waals surface area contributed by atoms with E-state index in [9.17, 15) is 4.79 Å². The van der Waals surface area contributed by atoms with Gasteiger partial charge < -0.3 is 4.84 Å². The minimum atomic E-state index is -0.00267. The Kier molecular flexibility index (Phi) is 2.99. The summed E-state index contributed by atoms with van der Waals surface area (Å²) in [4.78, 5) is 22.0. The Morgan fingerprint density at radius 1 is 1.10 bits per heavy atom. The molecule has 0 unspecified atom stereocenters. The predicted molar refractivity (Wildman–Crippen MR) is 76.8 cm³/mol. The highest BCUT2D eigenvalue weighted by molar-refractivity contribution is 6.10. The van der Waals surface area contributed by atoms with Gasteiger partial charge in [0.15, 0.2) is 5.78 Å². The monoisotopic (exact) mass is 266 g/mol. The van der Waals surface area contributed by atoms with Crippen LogP contribution in [0.25, 0.3) is 11.0 Å². The molecule has 1 heterocycles. The van der Waals surface area contributed by atoms with Gasteiger partial charge in [0.05, 0.1) is 5.52 Å². The van der Waals surface area contributed by atoms with Crippen molar-refractivity contribution >= 4 is 16.8 Å². The fourth-order valence-corrected chi connectivity index (χ4v) is 2.31. The molecule has 0 aliphatic carbocycles. The number of rotatable bonds is 3. The first-order valence-electron chi connectivity index (χ1n) is 6.34. The Hall–Kier alpha value is -2.62. The summed E-state index contributed by atoms with van der Waals surface area (Å²) in [5.41, 5.74) is 2.92. The number of ketones is 1. The molecule has 0 fully saturated rings. The van der Waals surface area contributed by atoms with Crippen molar-refractivity contribution in [3.05, 3.63) is 65.5 Å². The average molecular weight is 266 g/mol. The van der Waals surface area contributed by atoms with Gasteiger partial charge in [0.25, 0.3) is 0 Å². The zero-order valence-corrected chi connectivity index (χ0v) is 11.3. The van der Waals surface area contributed by atoms with Crippen molar-refractivity contribution in [2.45, 2.75) is 6.92 Å². The first-order chi connectivity index (χ1) is 9.70. The van der Waals surface area contributed by atoms with Crippen molar-refractivity contribution in [3.8, 4) is 0 Å². The molecule has 20 heavy (non-hydrogen) atoms. The minimum Gasteiger partial charge on any atom is -0.415 e. The summed E-state index contributed by atoms with van der Waals surface area (Å²) < 4.78 is 1.64. The number of hydrogen-bond acceptors (Lipinski definition) is 3. The molecular weight excluding hydrogens is 252 g/mol. The molecule has 1 aromatic heterocycles. The summed E-state index contributed by atoms with van der Waals surface area (Å²) in [6.07, 6.45) is 0. The molecule has 0 saturated carbocycles. The standard InChI is InChI=1S/C16H14N2O2/c1-11-17-14-10-13(8-9-15(14)18(11)20-2)16(19)12-6-4-3-5-7-12/h3-10H,1-2H3. The highest BCUT2D eigenvalue weighted by Gasteiger charge is 2.13. The molecule has 0 saturated heterocycles. The van der Waals surface area contributed by atoms with E-state index in [1.807, 2.05) is 43.3 Å². The molecule has 0 amide bonds. The average Bonchev–Trinajstić information content (AvgIpc) is 2.81. The van der Waals surface area contributed by atoms with Crippen molar-refractivity contribution in [2.24, 2.45) is 0 Å². The molecule has 4 nitrogen and oxygen atoms in total.